The largest absolute Gasteiger partial charge is 0.311 e. The average Bonchev–Trinajstić information content (AvgIpc) is 2.89. The van der Waals surface area contributed by atoms with Gasteiger partial charge >= 0.3 is 0 Å². The summed E-state index contributed by atoms with van der Waals surface area (Å²) in [4.78, 5) is 0. The first kappa shape index (κ1) is 12.0. The Bertz CT molecular complexity index is 333. The van der Waals surface area contributed by atoms with Crippen LogP contribution < -0.4 is 5.32 Å². The molecule has 3 atom stereocenters. The minimum absolute atomic E-state index is 0.378. The van der Waals surface area contributed by atoms with Gasteiger partial charge in [-0.2, -0.15) is 0 Å². The predicted molar refractivity (Wildman–Crippen MR) is 67.8 cm³/mol. The van der Waals surface area contributed by atoms with E-state index in [-0.39, 0.29) is 0 Å². The van der Waals surface area contributed by atoms with Crippen LogP contribution in [0.3, 0.4) is 0 Å². The number of hydrogen-bond acceptors (Lipinski definition) is 4. The lowest BCUT2D eigenvalue weighted by Gasteiger charge is -2.11. The van der Waals surface area contributed by atoms with E-state index in [1.807, 2.05) is 7.05 Å². The van der Waals surface area contributed by atoms with Crippen LogP contribution in [0, 0.1) is 5.92 Å². The Labute approximate surface area is 102 Å². The second kappa shape index (κ2) is 5.23. The SMILES string of the molecule is CCC(NC)c1nnc(C2CCCC2C)s1. The summed E-state index contributed by atoms with van der Waals surface area (Å²) in [6.07, 6.45) is 5.07. The summed E-state index contributed by atoms with van der Waals surface area (Å²) in [6.45, 7) is 4.52. The number of rotatable bonds is 4. The van der Waals surface area contributed by atoms with Gasteiger partial charge in [0.25, 0.3) is 0 Å². The molecule has 1 aromatic rings. The smallest absolute Gasteiger partial charge is 0.134 e. The molecular weight excluding hydrogens is 218 g/mol. The molecular formula is C12H21N3S. The summed E-state index contributed by atoms with van der Waals surface area (Å²) in [5.41, 5.74) is 0. The van der Waals surface area contributed by atoms with E-state index in [2.05, 4.69) is 29.4 Å². The normalized spacial score (nSPS) is 27.2. The van der Waals surface area contributed by atoms with Crippen LogP contribution in [-0.2, 0) is 0 Å². The van der Waals surface area contributed by atoms with Crippen molar-refractivity contribution in [3.05, 3.63) is 10.0 Å². The van der Waals surface area contributed by atoms with Gasteiger partial charge in [-0.3, -0.25) is 0 Å². The van der Waals surface area contributed by atoms with Gasteiger partial charge in [-0.25, -0.2) is 0 Å². The summed E-state index contributed by atoms with van der Waals surface area (Å²) in [5.74, 6) is 1.45. The third-order valence-corrected chi connectivity index (χ3v) is 4.86. The zero-order valence-electron chi connectivity index (χ0n) is 10.4. The molecule has 3 unspecified atom stereocenters. The van der Waals surface area contributed by atoms with E-state index in [4.69, 9.17) is 0 Å². The minimum atomic E-state index is 0.378. The van der Waals surface area contributed by atoms with Gasteiger partial charge in [0.2, 0.25) is 0 Å². The van der Waals surface area contributed by atoms with E-state index in [0.29, 0.717) is 12.0 Å². The number of nitrogens with zero attached hydrogens (tertiary/aromatic N) is 2. The van der Waals surface area contributed by atoms with Crippen molar-refractivity contribution >= 4 is 11.3 Å². The molecule has 1 fully saturated rings. The van der Waals surface area contributed by atoms with Crippen molar-refractivity contribution < 1.29 is 0 Å². The minimum Gasteiger partial charge on any atom is -0.311 e. The lowest BCUT2D eigenvalue weighted by molar-refractivity contribution is 0.526. The second-order valence-corrected chi connectivity index (χ2v) is 5.78. The lowest BCUT2D eigenvalue weighted by Crippen LogP contribution is -2.14. The van der Waals surface area contributed by atoms with Gasteiger partial charge in [-0.1, -0.05) is 38.0 Å². The molecule has 0 aromatic carbocycles. The molecule has 4 heteroatoms. The van der Waals surface area contributed by atoms with Crippen molar-refractivity contribution in [1.82, 2.24) is 15.5 Å². The molecule has 1 aromatic heterocycles. The monoisotopic (exact) mass is 239 g/mol. The van der Waals surface area contributed by atoms with Gasteiger partial charge < -0.3 is 5.32 Å². The first-order chi connectivity index (χ1) is 7.76. The van der Waals surface area contributed by atoms with Crippen molar-refractivity contribution in [2.24, 2.45) is 5.92 Å². The molecule has 16 heavy (non-hydrogen) atoms. The molecule has 1 N–H and O–H groups in total. The average molecular weight is 239 g/mol. The molecule has 0 radical (unpaired) electrons. The van der Waals surface area contributed by atoms with Crippen LogP contribution in [0.4, 0.5) is 0 Å². The number of nitrogens with one attached hydrogen (secondary N) is 1. The summed E-state index contributed by atoms with van der Waals surface area (Å²) in [7, 11) is 1.99. The summed E-state index contributed by atoms with van der Waals surface area (Å²) in [6, 6.07) is 0.378. The van der Waals surface area contributed by atoms with Gasteiger partial charge in [0, 0.05) is 5.92 Å². The third-order valence-electron chi connectivity index (χ3n) is 3.69. The fraction of sp³-hybridized carbons (Fsp3) is 0.833. The molecule has 0 amide bonds. The molecule has 1 heterocycles. The van der Waals surface area contributed by atoms with Crippen LogP contribution >= 0.6 is 11.3 Å². The Balaban J connectivity index is 2.12. The van der Waals surface area contributed by atoms with Crippen LogP contribution in [0.15, 0.2) is 0 Å². The van der Waals surface area contributed by atoms with Crippen molar-refractivity contribution in [2.45, 2.75) is 51.5 Å². The zero-order chi connectivity index (χ0) is 11.5. The number of hydrogen-bond donors (Lipinski definition) is 1. The highest BCUT2D eigenvalue weighted by Gasteiger charge is 2.28. The Morgan fingerprint density at radius 1 is 1.44 bits per heavy atom. The fourth-order valence-corrected chi connectivity index (χ4v) is 3.86. The summed E-state index contributed by atoms with van der Waals surface area (Å²) in [5, 5.41) is 14.4. The van der Waals surface area contributed by atoms with Crippen molar-refractivity contribution in [2.75, 3.05) is 7.05 Å². The maximum atomic E-state index is 4.39. The molecule has 1 saturated carbocycles. The van der Waals surface area contributed by atoms with E-state index in [0.717, 1.165) is 17.3 Å². The molecule has 0 spiro atoms. The van der Waals surface area contributed by atoms with Gasteiger partial charge in [0.1, 0.15) is 10.0 Å². The first-order valence-electron chi connectivity index (χ1n) is 6.26. The van der Waals surface area contributed by atoms with Gasteiger partial charge in [-0.05, 0) is 25.8 Å². The van der Waals surface area contributed by atoms with E-state index in [9.17, 15) is 0 Å². The quantitative estimate of drug-likeness (QED) is 0.877. The standard InChI is InChI=1S/C12H21N3S/c1-4-10(13-3)12-15-14-11(16-12)9-7-5-6-8(9)2/h8-10,13H,4-7H2,1-3H3. The van der Waals surface area contributed by atoms with Crippen LogP contribution in [0.25, 0.3) is 0 Å². The molecule has 0 aliphatic heterocycles. The maximum Gasteiger partial charge on any atom is 0.134 e. The zero-order valence-corrected chi connectivity index (χ0v) is 11.2. The molecule has 0 saturated heterocycles. The van der Waals surface area contributed by atoms with E-state index in [1.165, 1.54) is 24.3 Å². The van der Waals surface area contributed by atoms with Crippen LogP contribution in [-0.4, -0.2) is 17.2 Å². The maximum absolute atomic E-state index is 4.39. The molecule has 1 aliphatic carbocycles. The van der Waals surface area contributed by atoms with Crippen molar-refractivity contribution in [1.29, 1.82) is 0 Å². The van der Waals surface area contributed by atoms with E-state index >= 15 is 0 Å². The van der Waals surface area contributed by atoms with Crippen molar-refractivity contribution in [3.8, 4) is 0 Å². The second-order valence-electron chi connectivity index (χ2n) is 4.74. The summed E-state index contributed by atoms with van der Waals surface area (Å²) >= 11 is 1.81. The van der Waals surface area contributed by atoms with Gasteiger partial charge in [0.05, 0.1) is 6.04 Å². The van der Waals surface area contributed by atoms with Crippen LogP contribution in [0.1, 0.15) is 61.5 Å². The van der Waals surface area contributed by atoms with Gasteiger partial charge in [-0.15, -0.1) is 10.2 Å². The predicted octanol–water partition coefficient (Wildman–Crippen LogP) is 3.11. The summed E-state index contributed by atoms with van der Waals surface area (Å²) < 4.78 is 0. The Morgan fingerprint density at radius 2 is 2.25 bits per heavy atom. The van der Waals surface area contributed by atoms with Gasteiger partial charge in [0.15, 0.2) is 0 Å². The third kappa shape index (κ3) is 2.28. The molecule has 0 bridgehead atoms. The van der Waals surface area contributed by atoms with E-state index in [1.54, 1.807) is 11.3 Å². The number of aromatic nitrogens is 2. The molecule has 1 aliphatic rings. The Hall–Kier alpha value is -0.480. The highest BCUT2D eigenvalue weighted by atomic mass is 32.1. The highest BCUT2D eigenvalue weighted by molar-refractivity contribution is 7.11. The van der Waals surface area contributed by atoms with Crippen LogP contribution in [0.2, 0.25) is 0 Å². The Kier molecular flexibility index (Phi) is 3.92. The molecule has 2 rings (SSSR count). The molecule has 3 nitrogen and oxygen atoms in total. The van der Waals surface area contributed by atoms with E-state index < -0.39 is 0 Å². The lowest BCUT2D eigenvalue weighted by atomic mass is 9.99. The topological polar surface area (TPSA) is 37.8 Å². The van der Waals surface area contributed by atoms with Crippen molar-refractivity contribution in [3.63, 3.8) is 0 Å². The van der Waals surface area contributed by atoms with Crippen LogP contribution in [0.5, 0.6) is 0 Å². The first-order valence-corrected chi connectivity index (χ1v) is 7.08. The Morgan fingerprint density at radius 3 is 2.81 bits per heavy atom. The highest BCUT2D eigenvalue weighted by Crippen LogP contribution is 2.40. The fourth-order valence-electron chi connectivity index (χ4n) is 2.55. The molecule has 90 valence electrons.